The van der Waals surface area contributed by atoms with Crippen LogP contribution < -0.4 is 4.74 Å². The first-order valence-corrected chi connectivity index (χ1v) is 13.0. The number of benzene rings is 2. The fraction of sp³-hybridized carbons (Fsp3) is 0.500. The molecule has 0 aliphatic carbocycles. The summed E-state index contributed by atoms with van der Waals surface area (Å²) in [4.78, 5) is 14.0. The third kappa shape index (κ3) is 10.0. The number of ether oxygens (including phenoxy) is 3. The summed E-state index contributed by atoms with van der Waals surface area (Å²) in [6.45, 7) is 6.95. The predicted octanol–water partition coefficient (Wildman–Crippen LogP) is 6.83. The van der Waals surface area contributed by atoms with Gasteiger partial charge in [0.05, 0.1) is 25.3 Å². The number of likely N-dealkylation sites (tertiary alicyclic amines) is 1. The molecule has 1 aliphatic heterocycles. The number of rotatable bonds is 12. The molecule has 2 aromatic rings. The summed E-state index contributed by atoms with van der Waals surface area (Å²) in [6, 6.07) is 17.8. The normalized spacial score (nSPS) is 18.1. The molecule has 1 aliphatic rings. The van der Waals surface area contributed by atoms with Gasteiger partial charge in [0.25, 0.3) is 0 Å². The molecule has 36 heavy (non-hydrogen) atoms. The van der Waals surface area contributed by atoms with Gasteiger partial charge in [0.15, 0.2) is 0 Å². The van der Waals surface area contributed by atoms with Gasteiger partial charge in [0, 0.05) is 6.61 Å². The first kappa shape index (κ1) is 27.8. The van der Waals surface area contributed by atoms with Gasteiger partial charge in [-0.05, 0) is 76.3 Å². The van der Waals surface area contributed by atoms with Crippen molar-refractivity contribution in [2.45, 2.75) is 77.0 Å². The van der Waals surface area contributed by atoms with E-state index in [0.29, 0.717) is 26.2 Å². The van der Waals surface area contributed by atoms with Crippen LogP contribution in [0.15, 0.2) is 60.7 Å². The van der Waals surface area contributed by atoms with Gasteiger partial charge in [0.1, 0.15) is 17.1 Å². The van der Waals surface area contributed by atoms with Crippen LogP contribution in [0.3, 0.4) is 0 Å². The zero-order valence-electron chi connectivity index (χ0n) is 21.9. The number of aliphatic hydroxyl groups excluding tert-OH is 1. The van der Waals surface area contributed by atoms with Crippen molar-refractivity contribution in [3.05, 3.63) is 66.2 Å². The largest absolute Gasteiger partial charge is 0.457 e. The monoisotopic (exact) mass is 495 g/mol. The van der Waals surface area contributed by atoms with E-state index in [1.165, 1.54) is 5.56 Å². The summed E-state index contributed by atoms with van der Waals surface area (Å²) in [6.07, 6.45) is 9.48. The molecule has 1 saturated heterocycles. The summed E-state index contributed by atoms with van der Waals surface area (Å²) in [7, 11) is 0. The van der Waals surface area contributed by atoms with Crippen LogP contribution in [-0.4, -0.2) is 53.6 Å². The molecule has 3 rings (SSSR count). The molecule has 0 radical (unpaired) electrons. The van der Waals surface area contributed by atoms with Gasteiger partial charge in [0.2, 0.25) is 0 Å². The summed E-state index contributed by atoms with van der Waals surface area (Å²) in [5.41, 5.74) is 0.620. The second kappa shape index (κ2) is 14.0. The SMILES string of the molecule is CC(C)(C)OC(=O)N1C[C@H](O)C[C@H]1COCCCCCC/C=C/c1ccc(Oc2ccccc2)cc1. The number of hydrogen-bond acceptors (Lipinski definition) is 5. The Labute approximate surface area is 215 Å². The van der Waals surface area contributed by atoms with Crippen molar-refractivity contribution in [1.29, 1.82) is 0 Å². The first-order chi connectivity index (χ1) is 17.3. The minimum absolute atomic E-state index is 0.126. The lowest BCUT2D eigenvalue weighted by atomic mass is 10.1. The molecule has 2 atom stereocenters. The van der Waals surface area contributed by atoms with Gasteiger partial charge in [-0.25, -0.2) is 4.79 Å². The number of hydrogen-bond donors (Lipinski definition) is 1. The molecule has 196 valence electrons. The van der Waals surface area contributed by atoms with Gasteiger partial charge in [-0.3, -0.25) is 0 Å². The molecule has 0 saturated carbocycles. The van der Waals surface area contributed by atoms with Gasteiger partial charge in [-0.2, -0.15) is 0 Å². The third-order valence-corrected chi connectivity index (χ3v) is 5.91. The fourth-order valence-electron chi connectivity index (χ4n) is 4.12. The van der Waals surface area contributed by atoms with Gasteiger partial charge < -0.3 is 24.2 Å². The summed E-state index contributed by atoms with van der Waals surface area (Å²) in [5.74, 6) is 1.67. The van der Waals surface area contributed by atoms with E-state index in [-0.39, 0.29) is 12.1 Å². The van der Waals surface area contributed by atoms with Crippen molar-refractivity contribution in [3.63, 3.8) is 0 Å². The average molecular weight is 496 g/mol. The quantitative estimate of drug-likeness (QED) is 0.327. The summed E-state index contributed by atoms with van der Waals surface area (Å²) < 4.78 is 17.1. The van der Waals surface area contributed by atoms with E-state index in [0.717, 1.165) is 43.6 Å². The van der Waals surface area contributed by atoms with Crippen LogP contribution in [0, 0.1) is 0 Å². The Bertz CT molecular complexity index is 936. The number of nitrogens with zero attached hydrogens (tertiary/aromatic N) is 1. The zero-order valence-corrected chi connectivity index (χ0v) is 21.9. The highest BCUT2D eigenvalue weighted by Crippen LogP contribution is 2.23. The number of carbonyl (C=O) groups is 1. The lowest BCUT2D eigenvalue weighted by molar-refractivity contribution is 0.00955. The van der Waals surface area contributed by atoms with Crippen LogP contribution in [-0.2, 0) is 9.47 Å². The van der Waals surface area contributed by atoms with Crippen LogP contribution in [0.4, 0.5) is 4.79 Å². The molecule has 1 N–H and O–H groups in total. The highest BCUT2D eigenvalue weighted by Gasteiger charge is 2.36. The Kier molecular flexibility index (Phi) is 10.8. The highest BCUT2D eigenvalue weighted by molar-refractivity contribution is 5.69. The van der Waals surface area contributed by atoms with Gasteiger partial charge in [-0.1, -0.05) is 55.3 Å². The Morgan fingerprint density at radius 3 is 2.42 bits per heavy atom. The maximum absolute atomic E-state index is 12.4. The number of allylic oxidation sites excluding steroid dienone is 1. The van der Waals surface area contributed by atoms with Crippen molar-refractivity contribution < 1.29 is 24.1 Å². The van der Waals surface area contributed by atoms with Crippen LogP contribution >= 0.6 is 0 Å². The topological polar surface area (TPSA) is 68.2 Å². The smallest absolute Gasteiger partial charge is 0.410 e. The summed E-state index contributed by atoms with van der Waals surface area (Å²) in [5, 5.41) is 9.98. The zero-order chi connectivity index (χ0) is 25.8. The van der Waals surface area contributed by atoms with E-state index in [4.69, 9.17) is 14.2 Å². The van der Waals surface area contributed by atoms with Crippen LogP contribution in [0.25, 0.3) is 6.08 Å². The average Bonchev–Trinajstić information content (AvgIpc) is 3.21. The number of aliphatic hydroxyl groups is 1. The van der Waals surface area contributed by atoms with E-state index in [1.807, 2.05) is 63.2 Å². The summed E-state index contributed by atoms with van der Waals surface area (Å²) >= 11 is 0. The third-order valence-electron chi connectivity index (χ3n) is 5.91. The first-order valence-electron chi connectivity index (χ1n) is 13.0. The van der Waals surface area contributed by atoms with Gasteiger partial charge >= 0.3 is 6.09 Å². The highest BCUT2D eigenvalue weighted by atomic mass is 16.6. The standard InChI is InChI=1S/C30H41NO5/c1-30(2,3)36-29(33)31-22-26(32)21-25(31)23-34-20-12-7-5-4-6-9-13-24-16-18-28(19-17-24)35-27-14-10-8-11-15-27/h8-11,13-19,25-26,32H,4-7,12,20-23H2,1-3H3/b13-9+/t25-,26+/m0/s1. The lowest BCUT2D eigenvalue weighted by Crippen LogP contribution is -2.42. The molecule has 1 fully saturated rings. The number of carbonyl (C=O) groups excluding carboxylic acids is 1. The Morgan fingerprint density at radius 2 is 1.69 bits per heavy atom. The fourth-order valence-corrected chi connectivity index (χ4v) is 4.12. The van der Waals surface area contributed by atoms with E-state index >= 15 is 0 Å². The molecular weight excluding hydrogens is 454 g/mol. The second-order valence-electron chi connectivity index (χ2n) is 10.3. The molecule has 0 unspecified atom stereocenters. The van der Waals surface area contributed by atoms with E-state index in [2.05, 4.69) is 24.3 Å². The Hall–Kier alpha value is -2.83. The molecule has 0 spiro atoms. The number of unbranched alkanes of at least 4 members (excludes halogenated alkanes) is 4. The molecule has 1 amide bonds. The molecule has 0 aromatic heterocycles. The Balaban J connectivity index is 1.24. The number of para-hydroxylation sites is 1. The van der Waals surface area contributed by atoms with Crippen molar-refractivity contribution in [2.24, 2.45) is 0 Å². The maximum Gasteiger partial charge on any atom is 0.410 e. The second-order valence-corrected chi connectivity index (χ2v) is 10.3. The maximum atomic E-state index is 12.4. The molecule has 6 heteroatoms. The van der Waals surface area contributed by atoms with Gasteiger partial charge in [-0.15, -0.1) is 0 Å². The van der Waals surface area contributed by atoms with Crippen molar-refractivity contribution in [3.8, 4) is 11.5 Å². The Morgan fingerprint density at radius 1 is 1.00 bits per heavy atom. The molecular formula is C30H41NO5. The van der Waals surface area contributed by atoms with E-state index in [1.54, 1.807) is 4.90 Å². The van der Waals surface area contributed by atoms with Crippen LogP contribution in [0.2, 0.25) is 0 Å². The van der Waals surface area contributed by atoms with E-state index < -0.39 is 11.7 Å². The number of amides is 1. The molecule has 1 heterocycles. The van der Waals surface area contributed by atoms with Crippen molar-refractivity contribution in [1.82, 2.24) is 4.90 Å². The number of β-amino-alcohol motifs (C(OH)–C–C–N with tert-alkyl or cyclic N) is 1. The van der Waals surface area contributed by atoms with Crippen LogP contribution in [0.1, 0.15) is 64.9 Å². The lowest BCUT2D eigenvalue weighted by Gasteiger charge is -2.28. The molecule has 2 aromatic carbocycles. The van der Waals surface area contributed by atoms with E-state index in [9.17, 15) is 9.90 Å². The molecule has 6 nitrogen and oxygen atoms in total. The van der Waals surface area contributed by atoms with Crippen molar-refractivity contribution in [2.75, 3.05) is 19.8 Å². The molecule has 0 bridgehead atoms. The van der Waals surface area contributed by atoms with Crippen molar-refractivity contribution >= 4 is 12.2 Å². The minimum atomic E-state index is -0.548. The predicted molar refractivity (Wildman–Crippen MR) is 143 cm³/mol. The van der Waals surface area contributed by atoms with Crippen LogP contribution in [0.5, 0.6) is 11.5 Å². The minimum Gasteiger partial charge on any atom is -0.457 e.